The Bertz CT molecular complexity index is 688. The number of anilines is 2. The normalized spacial score (nSPS) is 11.8. The minimum atomic E-state index is -0.340. The largest absolute Gasteiger partial charge is 0.357 e. The van der Waals surface area contributed by atoms with Gasteiger partial charge in [-0.1, -0.05) is 52.4 Å². The second-order valence-corrected chi connectivity index (χ2v) is 7.89. The number of carbonyl (C=O) groups is 1. The zero-order chi connectivity index (χ0) is 16.8. The van der Waals surface area contributed by atoms with E-state index in [2.05, 4.69) is 27.4 Å². The van der Waals surface area contributed by atoms with Crippen LogP contribution >= 0.6 is 46.3 Å². The minimum Gasteiger partial charge on any atom is -0.357 e. The average molecular weight is 389 g/mol. The van der Waals surface area contributed by atoms with Crippen molar-refractivity contribution in [2.75, 3.05) is 17.2 Å². The molecule has 9 heteroatoms. The van der Waals surface area contributed by atoms with E-state index in [0.717, 1.165) is 0 Å². The van der Waals surface area contributed by atoms with Gasteiger partial charge in [0.05, 0.1) is 5.25 Å². The van der Waals surface area contributed by atoms with Crippen molar-refractivity contribution in [3.05, 3.63) is 40.9 Å². The number of nitrogens with zero attached hydrogens (tertiary/aromatic N) is 2. The molecule has 0 aliphatic rings. The maximum atomic E-state index is 12.2. The highest BCUT2D eigenvalue weighted by atomic mass is 35.5. The Labute approximate surface area is 152 Å². The highest BCUT2D eigenvalue weighted by Gasteiger charge is 2.17. The lowest BCUT2D eigenvalue weighted by Crippen LogP contribution is -2.22. The first-order chi connectivity index (χ1) is 11.0. The van der Waals surface area contributed by atoms with Crippen LogP contribution in [0.3, 0.4) is 0 Å². The van der Waals surface area contributed by atoms with Crippen LogP contribution in [0.2, 0.25) is 10.0 Å². The lowest BCUT2D eigenvalue weighted by Gasteiger charge is -2.10. The molecule has 0 radical (unpaired) electrons. The summed E-state index contributed by atoms with van der Waals surface area (Å²) in [6.45, 7) is 6.04. The first-order valence-electron chi connectivity index (χ1n) is 6.60. The zero-order valence-electron chi connectivity index (χ0n) is 12.2. The molecular weight excluding hydrogens is 375 g/mol. The quantitative estimate of drug-likeness (QED) is 0.537. The van der Waals surface area contributed by atoms with E-state index < -0.39 is 0 Å². The number of thioether (sulfide) groups is 1. The van der Waals surface area contributed by atoms with Crippen LogP contribution in [0.5, 0.6) is 0 Å². The third kappa shape index (κ3) is 5.69. The molecule has 0 bridgehead atoms. The fourth-order valence-electron chi connectivity index (χ4n) is 1.56. The molecule has 1 unspecified atom stereocenters. The molecule has 0 aliphatic carbocycles. The van der Waals surface area contributed by atoms with Gasteiger partial charge in [-0.2, -0.15) is 0 Å². The van der Waals surface area contributed by atoms with E-state index in [1.54, 1.807) is 31.2 Å². The molecule has 0 spiro atoms. The Balaban J connectivity index is 1.94. The maximum absolute atomic E-state index is 12.2. The van der Waals surface area contributed by atoms with E-state index in [4.69, 9.17) is 23.2 Å². The van der Waals surface area contributed by atoms with Crippen molar-refractivity contribution in [1.29, 1.82) is 0 Å². The van der Waals surface area contributed by atoms with Gasteiger partial charge in [-0.25, -0.2) is 0 Å². The first kappa shape index (κ1) is 18.1. The van der Waals surface area contributed by atoms with Crippen molar-refractivity contribution >= 4 is 63.0 Å². The molecule has 0 aliphatic heterocycles. The second-order valence-electron chi connectivity index (χ2n) is 4.45. The number of benzene rings is 1. The third-order valence-corrected chi connectivity index (χ3v) is 5.08. The Kier molecular flexibility index (Phi) is 6.71. The van der Waals surface area contributed by atoms with Crippen LogP contribution < -0.4 is 10.6 Å². The molecule has 0 saturated heterocycles. The number of rotatable bonds is 7. The van der Waals surface area contributed by atoms with Crippen molar-refractivity contribution in [3.8, 4) is 0 Å². The van der Waals surface area contributed by atoms with E-state index in [0.29, 0.717) is 31.7 Å². The molecule has 1 atom stereocenters. The molecule has 2 rings (SSSR count). The van der Waals surface area contributed by atoms with Crippen LogP contribution in [-0.2, 0) is 4.79 Å². The highest BCUT2D eigenvalue weighted by Crippen LogP contribution is 2.30. The smallest absolute Gasteiger partial charge is 0.237 e. The van der Waals surface area contributed by atoms with E-state index in [1.807, 2.05) is 0 Å². The summed E-state index contributed by atoms with van der Waals surface area (Å²) in [5.74, 6) is -0.163. The number of amides is 1. The van der Waals surface area contributed by atoms with Crippen LogP contribution in [0, 0.1) is 0 Å². The van der Waals surface area contributed by atoms with Crippen molar-refractivity contribution < 1.29 is 4.79 Å². The summed E-state index contributed by atoms with van der Waals surface area (Å²) in [6, 6.07) is 4.89. The van der Waals surface area contributed by atoms with Gasteiger partial charge in [0.2, 0.25) is 11.0 Å². The molecule has 0 fully saturated rings. The number of hydrogen-bond acceptors (Lipinski definition) is 6. The standard InChI is InChI=1S/C14H14Cl2N4OS2/c1-3-4-17-13-19-20-14(23-13)22-8(2)12(21)18-11-6-9(15)5-10(16)7-11/h3,5-8H,1,4H2,2H3,(H,17,19)(H,18,21). The minimum absolute atomic E-state index is 0.163. The summed E-state index contributed by atoms with van der Waals surface area (Å²) < 4.78 is 0.711. The predicted octanol–water partition coefficient (Wildman–Crippen LogP) is 4.56. The van der Waals surface area contributed by atoms with Gasteiger partial charge in [0.15, 0.2) is 4.34 Å². The highest BCUT2D eigenvalue weighted by molar-refractivity contribution is 8.02. The molecule has 122 valence electrons. The van der Waals surface area contributed by atoms with Gasteiger partial charge >= 0.3 is 0 Å². The molecular formula is C14H14Cl2N4OS2. The van der Waals surface area contributed by atoms with Gasteiger partial charge < -0.3 is 10.6 Å². The van der Waals surface area contributed by atoms with Crippen LogP contribution in [0.15, 0.2) is 35.2 Å². The Morgan fingerprint density at radius 2 is 2.09 bits per heavy atom. The van der Waals surface area contributed by atoms with Crippen molar-refractivity contribution in [2.24, 2.45) is 0 Å². The molecule has 2 aromatic rings. The van der Waals surface area contributed by atoms with E-state index in [9.17, 15) is 4.79 Å². The van der Waals surface area contributed by atoms with Gasteiger partial charge in [-0.05, 0) is 25.1 Å². The van der Waals surface area contributed by atoms with Gasteiger partial charge in [0.25, 0.3) is 0 Å². The third-order valence-electron chi connectivity index (χ3n) is 2.58. The Morgan fingerprint density at radius 3 is 2.74 bits per heavy atom. The van der Waals surface area contributed by atoms with E-state index in [1.165, 1.54) is 23.1 Å². The summed E-state index contributed by atoms with van der Waals surface area (Å²) in [4.78, 5) is 12.2. The summed E-state index contributed by atoms with van der Waals surface area (Å²) in [5, 5.41) is 15.2. The average Bonchev–Trinajstić information content (AvgIpc) is 2.91. The number of aromatic nitrogens is 2. The van der Waals surface area contributed by atoms with Crippen molar-refractivity contribution in [1.82, 2.24) is 10.2 Å². The molecule has 1 aromatic carbocycles. The monoisotopic (exact) mass is 388 g/mol. The molecule has 0 saturated carbocycles. The van der Waals surface area contributed by atoms with Crippen LogP contribution in [0.1, 0.15) is 6.92 Å². The summed E-state index contributed by atoms with van der Waals surface area (Å²) in [7, 11) is 0. The number of halogens is 2. The molecule has 2 N–H and O–H groups in total. The van der Waals surface area contributed by atoms with Gasteiger partial charge in [0, 0.05) is 22.3 Å². The molecule has 1 amide bonds. The molecule has 1 aromatic heterocycles. The Morgan fingerprint density at radius 1 is 1.39 bits per heavy atom. The number of hydrogen-bond donors (Lipinski definition) is 2. The van der Waals surface area contributed by atoms with Crippen LogP contribution in [0.4, 0.5) is 10.8 Å². The van der Waals surface area contributed by atoms with Crippen LogP contribution in [-0.4, -0.2) is 27.9 Å². The maximum Gasteiger partial charge on any atom is 0.237 e. The Hall–Kier alpha value is -1.28. The van der Waals surface area contributed by atoms with Gasteiger partial charge in [-0.3, -0.25) is 4.79 Å². The van der Waals surface area contributed by atoms with Crippen molar-refractivity contribution in [2.45, 2.75) is 16.5 Å². The summed E-state index contributed by atoms with van der Waals surface area (Å²) in [6.07, 6.45) is 1.74. The summed E-state index contributed by atoms with van der Waals surface area (Å²) >= 11 is 14.6. The summed E-state index contributed by atoms with van der Waals surface area (Å²) in [5.41, 5.74) is 0.561. The lowest BCUT2D eigenvalue weighted by molar-refractivity contribution is -0.115. The second kappa shape index (κ2) is 8.54. The molecule has 23 heavy (non-hydrogen) atoms. The lowest BCUT2D eigenvalue weighted by atomic mass is 10.3. The van der Waals surface area contributed by atoms with E-state index in [-0.39, 0.29) is 11.2 Å². The van der Waals surface area contributed by atoms with Crippen molar-refractivity contribution in [3.63, 3.8) is 0 Å². The topological polar surface area (TPSA) is 66.9 Å². The number of nitrogens with one attached hydrogen (secondary N) is 2. The zero-order valence-corrected chi connectivity index (χ0v) is 15.3. The van der Waals surface area contributed by atoms with Crippen LogP contribution in [0.25, 0.3) is 0 Å². The van der Waals surface area contributed by atoms with Gasteiger partial charge in [0.1, 0.15) is 0 Å². The fraction of sp³-hybridized carbons (Fsp3) is 0.214. The molecule has 1 heterocycles. The predicted molar refractivity (Wildman–Crippen MR) is 99.0 cm³/mol. The first-order valence-corrected chi connectivity index (χ1v) is 9.05. The van der Waals surface area contributed by atoms with E-state index >= 15 is 0 Å². The van der Waals surface area contributed by atoms with Gasteiger partial charge in [-0.15, -0.1) is 16.8 Å². The SMILES string of the molecule is C=CCNc1nnc(SC(C)C(=O)Nc2cc(Cl)cc(Cl)c2)s1. The fourth-order valence-corrected chi connectivity index (χ4v) is 3.99. The number of carbonyl (C=O) groups excluding carboxylic acids is 1. The molecule has 5 nitrogen and oxygen atoms in total.